The Bertz CT molecular complexity index is 1040. The zero-order valence-corrected chi connectivity index (χ0v) is 14.1. The lowest BCUT2D eigenvalue weighted by molar-refractivity contribution is 0.289. The van der Waals surface area contributed by atoms with Crippen molar-refractivity contribution in [1.82, 2.24) is 20.6 Å². The van der Waals surface area contributed by atoms with Crippen LogP contribution in [0.5, 0.6) is 0 Å². The third-order valence-corrected chi connectivity index (χ3v) is 4.76. The van der Waals surface area contributed by atoms with Gasteiger partial charge < -0.3 is 5.41 Å². The molecule has 1 aliphatic carbocycles. The topological polar surface area (TPSA) is 173 Å². The number of nitriles is 3. The summed E-state index contributed by atoms with van der Waals surface area (Å²) in [5, 5.41) is 52.9. The van der Waals surface area contributed by atoms with Gasteiger partial charge >= 0.3 is 0 Å². The molecule has 128 valence electrons. The van der Waals surface area contributed by atoms with Crippen molar-refractivity contribution < 1.29 is 9.26 Å². The van der Waals surface area contributed by atoms with Gasteiger partial charge in [0.15, 0.2) is 5.41 Å². The Balaban J connectivity index is 2.42. The van der Waals surface area contributed by atoms with E-state index in [-0.39, 0.29) is 17.1 Å². The summed E-state index contributed by atoms with van der Waals surface area (Å²) in [6.45, 7) is 4.84. The van der Waals surface area contributed by atoms with Crippen LogP contribution in [-0.2, 0) is 5.41 Å². The molecule has 2 atom stereocenters. The Morgan fingerprint density at radius 3 is 2.12 bits per heavy atom. The van der Waals surface area contributed by atoms with E-state index in [1.54, 1.807) is 26.8 Å². The molecule has 0 radical (unpaired) electrons. The lowest BCUT2D eigenvalue weighted by atomic mass is 9.54. The summed E-state index contributed by atoms with van der Waals surface area (Å²) >= 11 is 0. The first-order valence-electron chi connectivity index (χ1n) is 7.49. The minimum atomic E-state index is -1.97. The molecule has 0 bridgehead atoms. The quantitative estimate of drug-likeness (QED) is 0.845. The Kier molecular flexibility index (Phi) is 3.67. The third-order valence-electron chi connectivity index (χ3n) is 4.76. The van der Waals surface area contributed by atoms with Crippen molar-refractivity contribution in [2.45, 2.75) is 26.2 Å². The Labute approximate surface area is 147 Å². The Morgan fingerprint density at radius 1 is 1.04 bits per heavy atom. The van der Waals surface area contributed by atoms with Crippen LogP contribution in [0.3, 0.4) is 0 Å². The van der Waals surface area contributed by atoms with E-state index < -0.39 is 16.7 Å². The highest BCUT2D eigenvalue weighted by Gasteiger charge is 2.60. The van der Waals surface area contributed by atoms with Crippen LogP contribution in [0, 0.1) is 64.6 Å². The van der Waals surface area contributed by atoms with Crippen molar-refractivity contribution in [3.05, 3.63) is 28.9 Å². The second-order valence-electron chi connectivity index (χ2n) is 6.15. The molecule has 1 aliphatic rings. The molecule has 0 saturated heterocycles. The summed E-state index contributed by atoms with van der Waals surface area (Å²) in [5.74, 6) is -1.16. The van der Waals surface area contributed by atoms with Gasteiger partial charge in [0.05, 0.1) is 29.3 Å². The number of hydrogen-bond donors (Lipinski definition) is 1. The van der Waals surface area contributed by atoms with Crippen molar-refractivity contribution in [3.63, 3.8) is 0 Å². The van der Waals surface area contributed by atoms with Crippen molar-refractivity contribution in [1.29, 1.82) is 21.2 Å². The van der Waals surface area contributed by atoms with E-state index in [1.807, 2.05) is 18.2 Å². The highest BCUT2D eigenvalue weighted by atomic mass is 16.6. The fourth-order valence-electron chi connectivity index (χ4n) is 3.31. The van der Waals surface area contributed by atoms with Crippen LogP contribution in [0.1, 0.15) is 29.7 Å². The molecule has 26 heavy (non-hydrogen) atoms. The molecule has 0 aliphatic heterocycles. The molecule has 0 aromatic carbocycles. The molecule has 0 saturated carbocycles. The molecule has 10 nitrogen and oxygen atoms in total. The monoisotopic (exact) mass is 348 g/mol. The molecule has 2 heterocycles. The maximum atomic E-state index is 9.84. The third kappa shape index (κ3) is 1.92. The van der Waals surface area contributed by atoms with E-state index in [0.717, 1.165) is 0 Å². The summed E-state index contributed by atoms with van der Waals surface area (Å²) in [4.78, 5) is 0. The van der Waals surface area contributed by atoms with Crippen LogP contribution in [0.25, 0.3) is 5.57 Å². The first kappa shape index (κ1) is 17.0. The smallest absolute Gasteiger partial charge is 0.196 e. The first-order valence-corrected chi connectivity index (χ1v) is 7.49. The largest absolute Gasteiger partial charge is 0.305 e. The van der Waals surface area contributed by atoms with Gasteiger partial charge in [-0.2, -0.15) is 15.8 Å². The molecule has 0 spiro atoms. The highest BCUT2D eigenvalue weighted by Crippen LogP contribution is 2.52. The van der Waals surface area contributed by atoms with Crippen molar-refractivity contribution in [2.24, 2.45) is 11.3 Å². The highest BCUT2D eigenvalue weighted by molar-refractivity contribution is 6.08. The van der Waals surface area contributed by atoms with Gasteiger partial charge in [-0.1, -0.05) is 21.5 Å². The zero-order valence-electron chi connectivity index (χ0n) is 14.1. The van der Waals surface area contributed by atoms with E-state index in [9.17, 15) is 15.8 Å². The molecule has 1 N–H and O–H groups in total. The fraction of sp³-hybridized carbons (Fsp3) is 0.375. The number of aromatic nitrogens is 4. The number of nitrogens with zero attached hydrogens (tertiary/aromatic N) is 7. The molecule has 1 unspecified atom stereocenters. The van der Waals surface area contributed by atoms with E-state index in [2.05, 4.69) is 20.6 Å². The van der Waals surface area contributed by atoms with Gasteiger partial charge in [-0.15, -0.1) is 0 Å². The maximum Gasteiger partial charge on any atom is 0.196 e. The van der Waals surface area contributed by atoms with Crippen LogP contribution >= 0.6 is 0 Å². The molecule has 0 amide bonds. The Hall–Kier alpha value is -3.84. The van der Waals surface area contributed by atoms with E-state index >= 15 is 0 Å². The lowest BCUT2D eigenvalue weighted by Gasteiger charge is -2.41. The second kappa shape index (κ2) is 5.61. The van der Waals surface area contributed by atoms with Crippen LogP contribution in [-0.4, -0.2) is 26.3 Å². The van der Waals surface area contributed by atoms with Gasteiger partial charge in [0.25, 0.3) is 0 Å². The fourth-order valence-corrected chi connectivity index (χ4v) is 3.31. The summed E-state index contributed by atoms with van der Waals surface area (Å²) in [6.07, 6.45) is 1.55. The number of nitrogens with one attached hydrogen (secondary N) is 1. The molecule has 2 aromatic rings. The first-order chi connectivity index (χ1) is 12.4. The van der Waals surface area contributed by atoms with Gasteiger partial charge in [0.2, 0.25) is 0 Å². The normalized spacial score (nSPS) is 24.2. The van der Waals surface area contributed by atoms with Crippen molar-refractivity contribution >= 4 is 11.3 Å². The van der Waals surface area contributed by atoms with Gasteiger partial charge in [0.1, 0.15) is 28.7 Å². The van der Waals surface area contributed by atoms with E-state index in [1.165, 1.54) is 0 Å². The number of aryl methyl sites for hydroxylation is 2. The van der Waals surface area contributed by atoms with Crippen LogP contribution < -0.4 is 0 Å². The summed E-state index contributed by atoms with van der Waals surface area (Å²) in [6, 6.07) is 5.81. The van der Waals surface area contributed by atoms with Gasteiger partial charge in [-0.25, -0.2) is 9.26 Å². The average Bonchev–Trinajstić information content (AvgIpc) is 3.24. The minimum absolute atomic E-state index is 0.230. The second-order valence-corrected chi connectivity index (χ2v) is 6.15. The van der Waals surface area contributed by atoms with E-state index in [0.29, 0.717) is 17.0 Å². The predicted molar refractivity (Wildman–Crippen MR) is 83.9 cm³/mol. The van der Waals surface area contributed by atoms with Crippen molar-refractivity contribution in [3.8, 4) is 18.2 Å². The van der Waals surface area contributed by atoms with Crippen LogP contribution in [0.15, 0.2) is 15.3 Å². The molecule has 3 rings (SSSR count). The Morgan fingerprint density at radius 2 is 1.65 bits per heavy atom. The molecular formula is C16H12N8O2. The number of hydrogen-bond acceptors (Lipinski definition) is 10. The SMILES string of the molecule is Cc1nonc1C1=C[C@](C)(c2nonc2C)C(C#N)(C#N)C(=N)C1C#N. The van der Waals surface area contributed by atoms with Gasteiger partial charge in [0, 0.05) is 5.57 Å². The van der Waals surface area contributed by atoms with Crippen LogP contribution in [0.4, 0.5) is 0 Å². The molecule has 10 heteroatoms. The van der Waals surface area contributed by atoms with Crippen LogP contribution in [0.2, 0.25) is 0 Å². The summed E-state index contributed by atoms with van der Waals surface area (Å²) in [5.41, 5.74) is -2.10. The zero-order chi connectivity index (χ0) is 19.1. The number of allylic oxidation sites excluding steroid dienone is 2. The molecular weight excluding hydrogens is 336 g/mol. The standard InChI is InChI=1S/C16H12N8O2/c1-8-12(23-25-21-8)10-4-15(3,14-9(2)22-26-24-14)16(6-18,7-19)13(20)11(10)5-17/h4,11,20H,1-3H3/t11?,15-/m1/s1. The predicted octanol–water partition coefficient (Wildman–Crippen LogP) is 1.62. The maximum absolute atomic E-state index is 9.84. The summed E-state index contributed by atoms with van der Waals surface area (Å²) in [7, 11) is 0. The summed E-state index contributed by atoms with van der Waals surface area (Å²) < 4.78 is 9.47. The van der Waals surface area contributed by atoms with Gasteiger partial charge in [-0.3, -0.25) is 0 Å². The minimum Gasteiger partial charge on any atom is -0.305 e. The van der Waals surface area contributed by atoms with E-state index in [4.69, 9.17) is 14.7 Å². The average molecular weight is 348 g/mol. The lowest BCUT2D eigenvalue weighted by Crippen LogP contribution is -2.52. The molecule has 2 aromatic heterocycles. The number of rotatable bonds is 2. The van der Waals surface area contributed by atoms with Crippen molar-refractivity contribution in [2.75, 3.05) is 0 Å². The molecule has 0 fully saturated rings. The van der Waals surface area contributed by atoms with Gasteiger partial charge in [-0.05, 0) is 25.9 Å².